The van der Waals surface area contributed by atoms with Gasteiger partial charge >= 0.3 is 61.6 Å². The molecule has 17 heteroatoms. The Labute approximate surface area is 714 Å². The number of fused-ring (bicyclic) bond motifs is 14. The fourth-order valence-corrected chi connectivity index (χ4v) is 31.2. The number of carbonyl (C=O) groups is 8. The first-order chi connectivity index (χ1) is 51.9. The van der Waals surface area contributed by atoms with E-state index in [1.807, 2.05) is 0 Å². The average molecular weight is 1600 g/mol. The summed E-state index contributed by atoms with van der Waals surface area (Å²) in [6, 6.07) is 0.0386. The number of carboxylic acids is 2. The van der Waals surface area contributed by atoms with Gasteiger partial charge in [0.25, 0.3) is 0 Å². The Bertz CT molecular complexity index is 3510. The topological polar surface area (TPSA) is 226 Å². The second kappa shape index (κ2) is 30.6. The number of ether oxygens (including phenoxy) is 2. The van der Waals surface area contributed by atoms with Crippen molar-refractivity contribution in [2.24, 2.45) is 147 Å². The summed E-state index contributed by atoms with van der Waals surface area (Å²) in [5, 5.41) is 26.6. The largest absolute Gasteiger partial charge is 2.00 e. The van der Waals surface area contributed by atoms with Crippen molar-refractivity contribution in [1.82, 2.24) is 20.4 Å². The molecule has 24 atom stereocenters. The number of carboxylic acid groups (broad SMARTS) is 2. The van der Waals surface area contributed by atoms with Crippen molar-refractivity contribution < 1.29 is 60.9 Å². The Hall–Kier alpha value is -3.50. The van der Waals surface area contributed by atoms with Crippen molar-refractivity contribution in [2.45, 2.75) is 355 Å². The minimum Gasteiger partial charge on any atom is -1.00 e. The zero-order chi connectivity index (χ0) is 82.0. The molecule has 12 saturated carbocycles. The van der Waals surface area contributed by atoms with E-state index in [1.165, 1.54) is 24.0 Å². The Morgan fingerprint density at radius 2 is 0.752 bits per heavy atom. The summed E-state index contributed by atoms with van der Waals surface area (Å²) in [5.74, 6) is 2.24. The Morgan fingerprint density at radius 3 is 1.06 bits per heavy atom. The molecule has 0 aromatic heterocycles. The quantitative estimate of drug-likeness (QED) is 0.0643. The van der Waals surface area contributed by atoms with Crippen molar-refractivity contribution in [3.63, 3.8) is 0 Å². The molecule has 14 fully saturated rings. The molecule has 14 rings (SSSR count). The molecule has 10 unspecified atom stereocenters. The van der Waals surface area contributed by atoms with E-state index in [9.17, 15) is 39.0 Å². The molecule has 0 radical (unpaired) electrons. The molecule has 113 heavy (non-hydrogen) atoms. The Morgan fingerprint density at radius 1 is 0.416 bits per heavy atom. The number of allylic oxidation sites excluding steroid dienone is 2. The molecule has 16 nitrogen and oxygen atoms in total. The van der Waals surface area contributed by atoms with Crippen LogP contribution in [-0.4, -0.2) is 156 Å². The van der Waals surface area contributed by atoms with Crippen molar-refractivity contribution in [3.05, 3.63) is 24.3 Å². The number of hydrogen-bond donors (Lipinski definition) is 4. The number of aliphatic carboxylic acids is 2. The smallest absolute Gasteiger partial charge is 1.00 e. The zero-order valence-corrected chi connectivity index (χ0v) is 76.5. The molecule has 2 aliphatic heterocycles. The molecule has 12 aliphatic carbocycles. The van der Waals surface area contributed by atoms with Crippen LogP contribution in [0.4, 0.5) is 0 Å². The predicted octanol–water partition coefficient (Wildman–Crippen LogP) is 19.0. The van der Waals surface area contributed by atoms with Crippen LogP contribution in [0.5, 0.6) is 0 Å². The van der Waals surface area contributed by atoms with Gasteiger partial charge in [-0.2, -0.15) is 0 Å². The molecule has 0 aromatic rings. The SMILES string of the molecule is C=C(C)[C@@H]1CC[C@]2(C(=O)NC3C[C@H](C(=O)N4CCCCC4)C3(C)C)CC[C@]3(C)C(CCC4[C@@]5(C)CC[C@H](OC(=O)CC(C)(C)C(=O)O)C(C)(C)C5CC[C@]43C)C12.C=C(C)[C@@H]1CC[C@]2(C(=O)NC3C[C@H](C(=O)N4CCCCC4)C3(C)C)CC[C@]3(C)C(CCC4[C@@]5(C)CC[C@H](OC(=O)CC(C)(C)C(=O)O)C(C)(C)C5CC[C@]43C)C12.[Ca+2].[H-].[H-]. The van der Waals surface area contributed by atoms with Crippen LogP contribution >= 0.6 is 0 Å². The summed E-state index contributed by atoms with van der Waals surface area (Å²) in [6.45, 7) is 56.9. The number of nitrogens with one attached hydrogen (secondary N) is 2. The minimum atomic E-state index is -1.16. The van der Waals surface area contributed by atoms with Crippen molar-refractivity contribution in [1.29, 1.82) is 0 Å². The molecule has 0 spiro atoms. The van der Waals surface area contributed by atoms with Gasteiger partial charge in [0.2, 0.25) is 23.6 Å². The van der Waals surface area contributed by atoms with Crippen LogP contribution in [0.2, 0.25) is 0 Å². The predicted molar refractivity (Wildman–Crippen MR) is 446 cm³/mol. The molecule has 14 aliphatic rings. The van der Waals surface area contributed by atoms with Gasteiger partial charge in [-0.25, -0.2) is 0 Å². The first-order valence-electron chi connectivity index (χ1n) is 45.3. The van der Waals surface area contributed by atoms with E-state index in [0.29, 0.717) is 59.2 Å². The number of nitrogens with zero attached hydrogens (tertiary/aromatic N) is 2. The fraction of sp³-hybridized carbons (Fsp3) is 0.875. The number of amides is 4. The fourth-order valence-electron chi connectivity index (χ4n) is 31.2. The maximum Gasteiger partial charge on any atom is 2.00 e. The van der Waals surface area contributed by atoms with Gasteiger partial charge in [-0.15, -0.1) is 0 Å². The third-order valence-corrected chi connectivity index (χ3v) is 38.9. The number of hydrogen-bond acceptors (Lipinski definition) is 10. The van der Waals surface area contributed by atoms with E-state index in [2.05, 4.69) is 144 Å². The third kappa shape index (κ3) is 14.0. The summed E-state index contributed by atoms with van der Waals surface area (Å²) in [6.07, 6.45) is 28.1. The van der Waals surface area contributed by atoms with Crippen LogP contribution in [0.25, 0.3) is 0 Å². The van der Waals surface area contributed by atoms with Gasteiger partial charge in [0, 0.05) is 60.9 Å². The number of likely N-dealkylation sites (tertiary alicyclic amines) is 2. The van der Waals surface area contributed by atoms with Crippen LogP contribution in [0.1, 0.15) is 334 Å². The summed E-state index contributed by atoms with van der Waals surface area (Å²) in [5.41, 5.74) is -0.985. The normalized spacial score (nSPS) is 43.4. The van der Waals surface area contributed by atoms with Gasteiger partial charge in [-0.3, -0.25) is 38.4 Å². The van der Waals surface area contributed by atoms with E-state index in [4.69, 9.17) is 9.47 Å². The van der Waals surface area contributed by atoms with E-state index in [1.54, 1.807) is 27.7 Å². The van der Waals surface area contributed by atoms with Crippen LogP contribution in [0, 0.1) is 147 Å². The van der Waals surface area contributed by atoms with Crippen LogP contribution < -0.4 is 10.6 Å². The van der Waals surface area contributed by atoms with Crippen LogP contribution in [0.3, 0.4) is 0 Å². The molecule has 4 amide bonds. The average Bonchev–Trinajstić information content (AvgIpc) is 1.55. The zero-order valence-electron chi connectivity index (χ0n) is 76.3. The molecule has 0 bridgehead atoms. The van der Waals surface area contributed by atoms with Gasteiger partial charge in [0.1, 0.15) is 12.2 Å². The number of piperidine rings is 2. The van der Waals surface area contributed by atoms with Crippen molar-refractivity contribution >= 4 is 85.2 Å². The molecular formula is C96H154CaN4O12. The third-order valence-electron chi connectivity index (χ3n) is 38.9. The van der Waals surface area contributed by atoms with Crippen molar-refractivity contribution in [3.8, 4) is 0 Å². The van der Waals surface area contributed by atoms with Crippen molar-refractivity contribution in [2.75, 3.05) is 26.2 Å². The molecule has 4 N–H and O–H groups in total. The van der Waals surface area contributed by atoms with E-state index in [-0.39, 0.29) is 167 Å². The van der Waals surface area contributed by atoms with Crippen LogP contribution in [0.15, 0.2) is 24.3 Å². The standard InChI is InChI=1S/2C48H76N2O6.Ca.2H/c2*1-29(2)30-17-22-48(40(53)49-35-27-32(43(35,5)6)39(52)50-25-13-12-14-26-50)24-23-46(10)31(38(30)48)15-16-34-45(9)20-19-36(56-37(51)28-42(3,4)41(54)55)44(7,8)33(45)18-21-47(34,46)11;;;/h2*30-36,38H,1,12-28H2,2-11H3,(H,49,53)(H,54,55);;;/q;;+2;2*-1/t2*30-,31?,32+,33?,34?,35?,36-,38?,45-,46+,47+,48-;;;/m00.../s1. The molecular weight excluding hydrogens is 1440 g/mol. The number of carbonyl (C=O) groups excluding carboxylic acids is 6. The maximum atomic E-state index is 15.0. The van der Waals surface area contributed by atoms with Gasteiger partial charge < -0.3 is 43.0 Å². The molecule has 632 valence electrons. The Balaban J connectivity index is 0.000000237. The molecule has 2 saturated heterocycles. The van der Waals surface area contributed by atoms with Gasteiger partial charge in [-0.05, 0) is 324 Å². The molecule has 0 aromatic carbocycles. The summed E-state index contributed by atoms with van der Waals surface area (Å²) in [4.78, 5) is 111. The van der Waals surface area contributed by atoms with E-state index >= 15 is 9.59 Å². The monoisotopic (exact) mass is 1600 g/mol. The first kappa shape index (κ1) is 88.8. The molecule has 2 heterocycles. The summed E-state index contributed by atoms with van der Waals surface area (Å²) < 4.78 is 12.4. The second-order valence-corrected chi connectivity index (χ2v) is 46.1. The summed E-state index contributed by atoms with van der Waals surface area (Å²) in [7, 11) is 0. The number of rotatable bonds is 16. The number of esters is 2. The Kier molecular flexibility index (Phi) is 24.0. The van der Waals surface area contributed by atoms with Crippen LogP contribution in [-0.2, 0) is 47.8 Å². The van der Waals surface area contributed by atoms with Gasteiger partial charge in [-0.1, -0.05) is 121 Å². The maximum absolute atomic E-state index is 15.0. The van der Waals surface area contributed by atoms with Gasteiger partial charge in [0.15, 0.2) is 0 Å². The van der Waals surface area contributed by atoms with E-state index < -0.39 is 45.5 Å². The van der Waals surface area contributed by atoms with Gasteiger partial charge in [0.05, 0.1) is 34.5 Å². The minimum absolute atomic E-state index is 0. The summed E-state index contributed by atoms with van der Waals surface area (Å²) >= 11 is 0. The van der Waals surface area contributed by atoms with E-state index in [0.717, 1.165) is 193 Å². The first-order valence-corrected chi connectivity index (χ1v) is 45.3. The second-order valence-electron chi connectivity index (χ2n) is 46.1.